The number of hydrogen-bond donors (Lipinski definition) is 3. The SMILES string of the molecule is Nc1ccccc1C(=O)NCC1(CCO)CC1. The monoisotopic (exact) mass is 234 g/mol. The third kappa shape index (κ3) is 2.77. The second-order valence-electron chi connectivity index (χ2n) is 4.74. The molecule has 1 saturated carbocycles. The molecule has 4 heteroatoms. The number of hydrogen-bond acceptors (Lipinski definition) is 3. The van der Waals surface area contributed by atoms with E-state index in [1.54, 1.807) is 24.3 Å². The molecular formula is C13H18N2O2. The number of nitrogens with one attached hydrogen (secondary N) is 1. The summed E-state index contributed by atoms with van der Waals surface area (Å²) < 4.78 is 0. The van der Waals surface area contributed by atoms with Crippen LogP contribution in [0, 0.1) is 5.41 Å². The first-order valence-corrected chi connectivity index (χ1v) is 5.90. The predicted molar refractivity (Wildman–Crippen MR) is 66.6 cm³/mol. The molecule has 1 aromatic carbocycles. The fourth-order valence-corrected chi connectivity index (χ4v) is 2.00. The standard InChI is InChI=1S/C13H18N2O2/c14-11-4-2-1-3-10(11)12(17)15-9-13(5-6-13)7-8-16/h1-4,16H,5-9,14H2,(H,15,17). The van der Waals surface area contributed by atoms with E-state index in [0.717, 1.165) is 19.3 Å². The molecule has 1 aromatic rings. The number of carbonyl (C=O) groups excluding carboxylic acids is 1. The summed E-state index contributed by atoms with van der Waals surface area (Å²) in [6, 6.07) is 7.04. The number of aliphatic hydroxyl groups excluding tert-OH is 1. The number of aliphatic hydroxyl groups is 1. The van der Waals surface area contributed by atoms with Crippen molar-refractivity contribution >= 4 is 11.6 Å². The molecule has 17 heavy (non-hydrogen) atoms. The van der Waals surface area contributed by atoms with Crippen molar-refractivity contribution in [2.45, 2.75) is 19.3 Å². The summed E-state index contributed by atoms with van der Waals surface area (Å²) in [5, 5.41) is 11.8. The molecule has 4 N–H and O–H groups in total. The maximum Gasteiger partial charge on any atom is 0.253 e. The van der Waals surface area contributed by atoms with Gasteiger partial charge in [-0.15, -0.1) is 0 Å². The lowest BCUT2D eigenvalue weighted by Gasteiger charge is -2.15. The van der Waals surface area contributed by atoms with Gasteiger partial charge in [-0.1, -0.05) is 12.1 Å². The Hall–Kier alpha value is -1.55. The second-order valence-corrected chi connectivity index (χ2v) is 4.74. The summed E-state index contributed by atoms with van der Waals surface area (Å²) >= 11 is 0. The van der Waals surface area contributed by atoms with Crippen LogP contribution in [-0.2, 0) is 0 Å². The first kappa shape index (κ1) is 11.9. The van der Waals surface area contributed by atoms with Crippen molar-refractivity contribution < 1.29 is 9.90 Å². The molecular weight excluding hydrogens is 216 g/mol. The highest BCUT2D eigenvalue weighted by atomic mass is 16.3. The molecule has 2 rings (SSSR count). The summed E-state index contributed by atoms with van der Waals surface area (Å²) in [6.45, 7) is 0.810. The Morgan fingerprint density at radius 3 is 2.71 bits per heavy atom. The fourth-order valence-electron chi connectivity index (χ4n) is 2.00. The van der Waals surface area contributed by atoms with Crippen LogP contribution in [0.1, 0.15) is 29.6 Å². The van der Waals surface area contributed by atoms with E-state index in [1.165, 1.54) is 0 Å². The van der Waals surface area contributed by atoms with E-state index in [9.17, 15) is 4.79 Å². The molecule has 0 radical (unpaired) electrons. The Balaban J connectivity index is 1.92. The van der Waals surface area contributed by atoms with Crippen LogP contribution < -0.4 is 11.1 Å². The molecule has 92 valence electrons. The molecule has 0 heterocycles. The Morgan fingerprint density at radius 1 is 1.41 bits per heavy atom. The van der Waals surface area contributed by atoms with Crippen LogP contribution in [-0.4, -0.2) is 24.2 Å². The number of carbonyl (C=O) groups is 1. The molecule has 0 unspecified atom stereocenters. The van der Waals surface area contributed by atoms with Gasteiger partial charge >= 0.3 is 0 Å². The van der Waals surface area contributed by atoms with Crippen LogP contribution in [0.3, 0.4) is 0 Å². The van der Waals surface area contributed by atoms with E-state index in [0.29, 0.717) is 17.8 Å². The molecule has 1 aliphatic carbocycles. The highest BCUT2D eigenvalue weighted by Crippen LogP contribution is 2.47. The zero-order valence-electron chi connectivity index (χ0n) is 9.78. The number of rotatable bonds is 5. The van der Waals surface area contributed by atoms with Crippen LogP contribution in [0.4, 0.5) is 5.69 Å². The summed E-state index contributed by atoms with van der Waals surface area (Å²) in [4.78, 5) is 11.9. The van der Waals surface area contributed by atoms with E-state index in [2.05, 4.69) is 5.32 Å². The number of amides is 1. The number of benzene rings is 1. The zero-order valence-corrected chi connectivity index (χ0v) is 9.78. The van der Waals surface area contributed by atoms with Crippen molar-refractivity contribution in [3.63, 3.8) is 0 Å². The van der Waals surface area contributed by atoms with Gasteiger partial charge in [-0.3, -0.25) is 4.79 Å². The Bertz CT molecular complexity index is 414. The van der Waals surface area contributed by atoms with E-state index in [-0.39, 0.29) is 17.9 Å². The first-order valence-electron chi connectivity index (χ1n) is 5.90. The molecule has 1 fully saturated rings. The van der Waals surface area contributed by atoms with Crippen LogP contribution in [0.5, 0.6) is 0 Å². The minimum absolute atomic E-state index is 0.132. The summed E-state index contributed by atoms with van der Waals surface area (Å²) in [5.41, 5.74) is 6.89. The number of nitrogens with two attached hydrogens (primary N) is 1. The van der Waals surface area contributed by atoms with Gasteiger partial charge in [-0.2, -0.15) is 0 Å². The topological polar surface area (TPSA) is 75.4 Å². The van der Waals surface area contributed by atoms with Gasteiger partial charge in [0.05, 0.1) is 5.56 Å². The van der Waals surface area contributed by atoms with Crippen molar-refractivity contribution in [3.8, 4) is 0 Å². The quantitative estimate of drug-likeness (QED) is 0.669. The molecule has 4 nitrogen and oxygen atoms in total. The van der Waals surface area contributed by atoms with Crippen LogP contribution in [0.15, 0.2) is 24.3 Å². The van der Waals surface area contributed by atoms with E-state index < -0.39 is 0 Å². The first-order chi connectivity index (χ1) is 8.17. The summed E-state index contributed by atoms with van der Waals surface area (Å²) in [6.07, 6.45) is 2.92. The molecule has 0 spiro atoms. The lowest BCUT2D eigenvalue weighted by Crippen LogP contribution is -2.31. The molecule has 0 aromatic heterocycles. The second kappa shape index (κ2) is 4.75. The molecule has 0 atom stereocenters. The lowest BCUT2D eigenvalue weighted by molar-refractivity contribution is 0.0941. The van der Waals surface area contributed by atoms with Gasteiger partial charge in [-0.05, 0) is 36.8 Å². The number of nitrogen functional groups attached to an aromatic ring is 1. The third-order valence-electron chi connectivity index (χ3n) is 3.43. The van der Waals surface area contributed by atoms with Gasteiger partial charge in [0.1, 0.15) is 0 Å². The summed E-state index contributed by atoms with van der Waals surface area (Å²) in [7, 11) is 0. The Labute approximate surface area is 101 Å². The maximum atomic E-state index is 11.9. The smallest absolute Gasteiger partial charge is 0.253 e. The van der Waals surface area contributed by atoms with Crippen molar-refractivity contribution in [3.05, 3.63) is 29.8 Å². The van der Waals surface area contributed by atoms with E-state index in [1.807, 2.05) is 0 Å². The molecule has 0 saturated heterocycles. The zero-order chi connectivity index (χ0) is 12.3. The average Bonchev–Trinajstić information content (AvgIpc) is 3.08. The maximum absolute atomic E-state index is 11.9. The molecule has 0 aliphatic heterocycles. The van der Waals surface area contributed by atoms with Gasteiger partial charge in [0.2, 0.25) is 0 Å². The van der Waals surface area contributed by atoms with Crippen molar-refractivity contribution in [2.24, 2.45) is 5.41 Å². The molecule has 1 aliphatic rings. The molecule has 0 bridgehead atoms. The van der Waals surface area contributed by atoms with Crippen molar-refractivity contribution in [1.82, 2.24) is 5.32 Å². The Kier molecular flexibility index (Phi) is 3.33. The normalized spacial score (nSPS) is 16.5. The number of para-hydroxylation sites is 1. The Morgan fingerprint density at radius 2 is 2.12 bits per heavy atom. The third-order valence-corrected chi connectivity index (χ3v) is 3.43. The highest BCUT2D eigenvalue weighted by Gasteiger charge is 2.41. The minimum atomic E-state index is -0.132. The van der Waals surface area contributed by atoms with Gasteiger partial charge in [0, 0.05) is 18.8 Å². The predicted octanol–water partition coefficient (Wildman–Crippen LogP) is 1.16. The number of anilines is 1. The lowest BCUT2D eigenvalue weighted by atomic mass is 10.0. The van der Waals surface area contributed by atoms with Gasteiger partial charge < -0.3 is 16.2 Å². The van der Waals surface area contributed by atoms with Crippen molar-refractivity contribution in [2.75, 3.05) is 18.9 Å². The molecule has 1 amide bonds. The van der Waals surface area contributed by atoms with Crippen LogP contribution in [0.25, 0.3) is 0 Å². The van der Waals surface area contributed by atoms with Gasteiger partial charge in [0.15, 0.2) is 0 Å². The van der Waals surface area contributed by atoms with Crippen LogP contribution in [0.2, 0.25) is 0 Å². The van der Waals surface area contributed by atoms with Crippen molar-refractivity contribution in [1.29, 1.82) is 0 Å². The van der Waals surface area contributed by atoms with Gasteiger partial charge in [0.25, 0.3) is 5.91 Å². The van der Waals surface area contributed by atoms with E-state index in [4.69, 9.17) is 10.8 Å². The van der Waals surface area contributed by atoms with E-state index >= 15 is 0 Å². The summed E-state index contributed by atoms with van der Waals surface area (Å²) in [5.74, 6) is -0.132. The fraction of sp³-hybridized carbons (Fsp3) is 0.462. The highest BCUT2D eigenvalue weighted by molar-refractivity contribution is 5.99. The average molecular weight is 234 g/mol. The minimum Gasteiger partial charge on any atom is -0.398 e. The largest absolute Gasteiger partial charge is 0.398 e. The van der Waals surface area contributed by atoms with Gasteiger partial charge in [-0.25, -0.2) is 0 Å². The van der Waals surface area contributed by atoms with Crippen LogP contribution >= 0.6 is 0 Å².